The molecule has 0 heterocycles. The third-order valence-corrected chi connectivity index (χ3v) is 3.67. The van der Waals surface area contributed by atoms with Gasteiger partial charge in [-0.1, -0.05) is 0 Å². The predicted octanol–water partition coefficient (Wildman–Crippen LogP) is -2.20. The van der Waals surface area contributed by atoms with Crippen molar-refractivity contribution in [1.29, 1.82) is 0 Å². The zero-order valence-electron chi connectivity index (χ0n) is 8.07. The normalized spacial score (nSPS) is 10.4. The van der Waals surface area contributed by atoms with Crippen molar-refractivity contribution in [3.05, 3.63) is 24.3 Å². The number of carbonyl (C=O) groups excluding carboxylic acids is 1. The summed E-state index contributed by atoms with van der Waals surface area (Å²) in [5.41, 5.74) is 0.377. The molecule has 1 aromatic rings. The Morgan fingerprint density at radius 1 is 1.25 bits per heavy atom. The fourth-order valence-corrected chi connectivity index (χ4v) is 2.07. The van der Waals surface area contributed by atoms with Crippen molar-refractivity contribution in [2.45, 2.75) is 0 Å². The molecule has 0 aromatic heterocycles. The third-order valence-electron chi connectivity index (χ3n) is 1.63. The van der Waals surface area contributed by atoms with Crippen molar-refractivity contribution < 1.29 is 21.8 Å². The van der Waals surface area contributed by atoms with Crippen molar-refractivity contribution >= 4 is 56.3 Å². The van der Waals surface area contributed by atoms with E-state index in [0.717, 1.165) is 0 Å². The summed E-state index contributed by atoms with van der Waals surface area (Å²) in [6, 6.07) is 5.21. The maximum atomic E-state index is 10.9. The zero-order valence-corrected chi connectivity index (χ0v) is 13.4. The van der Waals surface area contributed by atoms with Crippen molar-refractivity contribution in [3.63, 3.8) is 0 Å². The Balaban J connectivity index is 0.00000225. The first kappa shape index (κ1) is 15.8. The van der Waals surface area contributed by atoms with Gasteiger partial charge in [-0.05, 0) is 0 Å². The second-order valence-corrected chi connectivity index (χ2v) is 6.16. The molecule has 0 atom stereocenters. The SMILES string of the molecule is O=C(CO)Nc1ccc([As](=O)(O)O)cc1.[Bi]. The number of aliphatic hydroxyl groups excluding tert-OH is 1. The molecule has 0 aliphatic heterocycles. The van der Waals surface area contributed by atoms with Gasteiger partial charge < -0.3 is 0 Å². The number of aliphatic hydroxyl groups is 1. The van der Waals surface area contributed by atoms with E-state index in [1.807, 2.05) is 0 Å². The summed E-state index contributed by atoms with van der Waals surface area (Å²) in [5, 5.41) is 10.8. The van der Waals surface area contributed by atoms with Crippen LogP contribution in [0.15, 0.2) is 24.3 Å². The summed E-state index contributed by atoms with van der Waals surface area (Å²) >= 11 is -4.84. The van der Waals surface area contributed by atoms with Crippen LogP contribution < -0.4 is 9.67 Å². The summed E-state index contributed by atoms with van der Waals surface area (Å²) in [6.45, 7) is -0.635. The van der Waals surface area contributed by atoms with Gasteiger partial charge >= 0.3 is 88.1 Å². The largest absolute Gasteiger partial charge is 0 e. The van der Waals surface area contributed by atoms with E-state index >= 15 is 0 Å². The number of carbonyl (C=O) groups is 1. The van der Waals surface area contributed by atoms with Gasteiger partial charge in [-0.15, -0.1) is 0 Å². The topological polar surface area (TPSA) is 107 Å². The molecule has 0 unspecified atom stereocenters. The van der Waals surface area contributed by atoms with Gasteiger partial charge in [-0.25, -0.2) is 0 Å². The minimum atomic E-state index is -4.84. The van der Waals surface area contributed by atoms with Gasteiger partial charge in [0.2, 0.25) is 0 Å². The first-order valence-electron chi connectivity index (χ1n) is 4.00. The van der Waals surface area contributed by atoms with Crippen LogP contribution in [-0.2, 0) is 8.53 Å². The number of nitrogens with one attached hydrogen (secondary N) is 1. The molecule has 0 fully saturated rings. The minimum absolute atomic E-state index is 0. The van der Waals surface area contributed by atoms with Gasteiger partial charge in [0, 0.05) is 26.2 Å². The van der Waals surface area contributed by atoms with E-state index in [-0.39, 0.29) is 30.6 Å². The van der Waals surface area contributed by atoms with Crippen LogP contribution >= 0.6 is 0 Å². The molecule has 0 aliphatic carbocycles. The quantitative estimate of drug-likeness (QED) is 0.365. The molecule has 87 valence electrons. The van der Waals surface area contributed by atoms with E-state index in [1.165, 1.54) is 24.3 Å². The smallest absolute Gasteiger partial charge is 0 e. The standard InChI is InChI=1S/C8H10AsNO5.Bi/c11-5-8(12)10-7-3-1-6(2-4-7)9(13,14)15;/h1-4,11H,5H2,(H,10,12)(H2,13,14,15);. The molecule has 0 bridgehead atoms. The fourth-order valence-electron chi connectivity index (χ4n) is 0.939. The Morgan fingerprint density at radius 3 is 2.12 bits per heavy atom. The summed E-state index contributed by atoms with van der Waals surface area (Å²) in [7, 11) is 0. The summed E-state index contributed by atoms with van der Waals surface area (Å²) < 4.78 is 28.5. The maximum absolute atomic E-state index is 10.9. The molecule has 8 heteroatoms. The Labute approximate surface area is 114 Å². The second kappa shape index (κ2) is 6.52. The number of rotatable bonds is 3. The van der Waals surface area contributed by atoms with Crippen LogP contribution in [0.1, 0.15) is 0 Å². The van der Waals surface area contributed by atoms with E-state index in [4.69, 9.17) is 13.3 Å². The molecular weight excluding hydrogens is 474 g/mol. The van der Waals surface area contributed by atoms with Gasteiger partial charge in [0.1, 0.15) is 0 Å². The molecule has 1 aromatic carbocycles. The molecule has 1 amide bonds. The van der Waals surface area contributed by atoms with Crippen LogP contribution in [0, 0.1) is 0 Å². The molecule has 4 N–H and O–H groups in total. The molecule has 0 spiro atoms. The zero-order chi connectivity index (χ0) is 11.5. The van der Waals surface area contributed by atoms with Gasteiger partial charge in [0.25, 0.3) is 0 Å². The van der Waals surface area contributed by atoms with Crippen molar-refractivity contribution in [2.24, 2.45) is 0 Å². The van der Waals surface area contributed by atoms with E-state index in [9.17, 15) is 8.53 Å². The van der Waals surface area contributed by atoms with E-state index in [1.54, 1.807) is 0 Å². The monoisotopic (exact) mass is 484 g/mol. The molecule has 6 nitrogen and oxygen atoms in total. The molecular formula is C8H10AsBiNO5. The van der Waals surface area contributed by atoms with Crippen molar-refractivity contribution in [2.75, 3.05) is 11.9 Å². The average Bonchev–Trinajstić information content (AvgIpc) is 2.17. The van der Waals surface area contributed by atoms with E-state index in [2.05, 4.69) is 5.32 Å². The summed E-state index contributed by atoms with van der Waals surface area (Å²) in [6.07, 6.45) is 0. The minimum Gasteiger partial charge on any atom is 0 e. The average molecular weight is 484 g/mol. The summed E-state index contributed by atoms with van der Waals surface area (Å²) in [5.74, 6) is -0.579. The number of hydrogen-bond donors (Lipinski definition) is 4. The van der Waals surface area contributed by atoms with Gasteiger partial charge in [-0.2, -0.15) is 0 Å². The first-order valence-corrected chi connectivity index (χ1v) is 7.38. The number of benzene rings is 1. The third kappa shape index (κ3) is 4.77. The second-order valence-electron chi connectivity index (χ2n) is 2.80. The number of hydrogen-bond acceptors (Lipinski definition) is 3. The van der Waals surface area contributed by atoms with Gasteiger partial charge in [0.15, 0.2) is 0 Å². The van der Waals surface area contributed by atoms with E-state index in [0.29, 0.717) is 5.69 Å². The van der Waals surface area contributed by atoms with Gasteiger partial charge in [-0.3, -0.25) is 0 Å². The van der Waals surface area contributed by atoms with E-state index < -0.39 is 26.7 Å². The Morgan fingerprint density at radius 2 is 1.75 bits per heavy atom. The first-order chi connectivity index (χ1) is 6.93. The molecule has 0 saturated carbocycles. The van der Waals surface area contributed by atoms with Gasteiger partial charge in [0.05, 0.1) is 0 Å². The Hall–Kier alpha value is -0.188. The summed E-state index contributed by atoms with van der Waals surface area (Å²) in [4.78, 5) is 10.8. The van der Waals surface area contributed by atoms with Crippen LogP contribution in [0.5, 0.6) is 0 Å². The number of anilines is 1. The molecule has 1 rings (SSSR count). The maximum Gasteiger partial charge on any atom is 0 e. The van der Waals surface area contributed by atoms with Crippen LogP contribution in [-0.4, -0.2) is 66.2 Å². The van der Waals surface area contributed by atoms with Crippen LogP contribution in [0.25, 0.3) is 0 Å². The molecule has 0 saturated heterocycles. The van der Waals surface area contributed by atoms with Crippen molar-refractivity contribution in [3.8, 4) is 0 Å². The Kier molecular flexibility index (Phi) is 6.45. The molecule has 16 heavy (non-hydrogen) atoms. The molecule has 3 radical (unpaired) electrons. The fraction of sp³-hybridized carbons (Fsp3) is 0.125. The van der Waals surface area contributed by atoms with Crippen LogP contribution in [0.2, 0.25) is 0 Å². The molecule has 0 aliphatic rings. The predicted molar refractivity (Wildman–Crippen MR) is 58.4 cm³/mol. The van der Waals surface area contributed by atoms with Crippen LogP contribution in [0.3, 0.4) is 0 Å². The number of amides is 1. The Bertz CT molecular complexity index is 401. The van der Waals surface area contributed by atoms with Crippen LogP contribution in [0.4, 0.5) is 5.69 Å². The van der Waals surface area contributed by atoms with Crippen molar-refractivity contribution in [1.82, 2.24) is 0 Å².